The van der Waals surface area contributed by atoms with Gasteiger partial charge in [-0.3, -0.25) is 0 Å². The number of hydrogen-bond donors (Lipinski definition) is 0. The van der Waals surface area contributed by atoms with Crippen molar-refractivity contribution in [3.8, 4) is 0 Å². The van der Waals surface area contributed by atoms with Crippen molar-refractivity contribution in [3.05, 3.63) is 83.9 Å². The molecule has 0 bridgehead atoms. The number of halogens is 2. The molecule has 4 heteroatoms. The first-order valence-corrected chi connectivity index (χ1v) is 13.5. The predicted octanol–water partition coefficient (Wildman–Crippen LogP) is 2.33. The van der Waals surface area contributed by atoms with Crippen LogP contribution in [0.1, 0.15) is 50.7 Å². The van der Waals surface area contributed by atoms with Crippen molar-refractivity contribution in [2.75, 3.05) is 0 Å². The van der Waals surface area contributed by atoms with Gasteiger partial charge >= 0.3 is 26.2 Å². The van der Waals surface area contributed by atoms with Crippen molar-refractivity contribution < 1.29 is 60.2 Å². The number of rotatable bonds is 6. The summed E-state index contributed by atoms with van der Waals surface area (Å²) in [5, 5.41) is 5.53. The van der Waals surface area contributed by atoms with Gasteiger partial charge < -0.3 is 34.0 Å². The molecule has 0 unspecified atom stereocenters. The van der Waals surface area contributed by atoms with Gasteiger partial charge in [-0.2, -0.15) is 12.1 Å². The van der Waals surface area contributed by atoms with Crippen molar-refractivity contribution in [1.29, 1.82) is 0 Å². The van der Waals surface area contributed by atoms with Gasteiger partial charge in [0.15, 0.2) is 0 Å². The Hall–Kier alpha value is -0.280. The Labute approximate surface area is 238 Å². The van der Waals surface area contributed by atoms with E-state index < -0.39 is 0 Å². The standard InChI is InChI=1S/2C13H15.C2H7Si.2BrH.Zr/c2*1-2-3-6-11-9-12-7-4-5-8-13(12)10-11;1-3-2;;;/h2*4-5,7-10H,2-3,6H2,1H3;3H,1-2H3;2*1H;/q2*-1;;;;+4/p-2. The Morgan fingerprint density at radius 1 is 0.656 bits per heavy atom. The van der Waals surface area contributed by atoms with Crippen molar-refractivity contribution in [1.82, 2.24) is 0 Å². The van der Waals surface area contributed by atoms with Crippen molar-refractivity contribution >= 4 is 31.1 Å². The van der Waals surface area contributed by atoms with Crippen LogP contribution < -0.4 is 34.0 Å². The first kappa shape index (κ1) is 33.9. The van der Waals surface area contributed by atoms with E-state index in [1.807, 2.05) is 0 Å². The molecule has 0 spiro atoms. The predicted molar refractivity (Wildman–Crippen MR) is 135 cm³/mol. The minimum Gasteiger partial charge on any atom is -1.00 e. The Morgan fingerprint density at radius 2 is 1.00 bits per heavy atom. The molecule has 0 nitrogen and oxygen atoms in total. The average molecular weight is 653 g/mol. The van der Waals surface area contributed by atoms with Crippen LogP contribution in [-0.2, 0) is 39.0 Å². The molecule has 0 aliphatic carbocycles. The first-order chi connectivity index (χ1) is 14.2. The van der Waals surface area contributed by atoms with Gasteiger partial charge in [0.2, 0.25) is 0 Å². The van der Waals surface area contributed by atoms with Crippen LogP contribution in [0, 0.1) is 0 Å². The molecule has 4 aromatic rings. The van der Waals surface area contributed by atoms with Gasteiger partial charge in [0.25, 0.3) is 0 Å². The largest absolute Gasteiger partial charge is 4.00 e. The van der Waals surface area contributed by atoms with Gasteiger partial charge in [0, 0.05) is 9.52 Å². The van der Waals surface area contributed by atoms with E-state index in [-0.39, 0.29) is 60.2 Å². The molecule has 4 aromatic carbocycles. The van der Waals surface area contributed by atoms with E-state index in [0.717, 1.165) is 9.52 Å². The fourth-order valence-electron chi connectivity index (χ4n) is 3.48. The summed E-state index contributed by atoms with van der Waals surface area (Å²) < 4.78 is 0. The van der Waals surface area contributed by atoms with Crippen LogP contribution >= 0.6 is 0 Å². The Morgan fingerprint density at radius 3 is 1.31 bits per heavy atom. The Balaban J connectivity index is 0. The van der Waals surface area contributed by atoms with E-state index >= 15 is 0 Å². The molecule has 0 aromatic heterocycles. The zero-order valence-electron chi connectivity index (χ0n) is 20.0. The monoisotopic (exact) mass is 649 g/mol. The van der Waals surface area contributed by atoms with E-state index in [1.54, 1.807) is 0 Å². The van der Waals surface area contributed by atoms with E-state index in [2.05, 4.69) is 99.7 Å². The van der Waals surface area contributed by atoms with Crippen molar-refractivity contribution in [3.63, 3.8) is 0 Å². The fraction of sp³-hybridized carbons (Fsp3) is 0.357. The minimum atomic E-state index is 0. The fourth-order valence-corrected chi connectivity index (χ4v) is 3.48. The maximum absolute atomic E-state index is 2.31. The van der Waals surface area contributed by atoms with Crippen LogP contribution in [0.5, 0.6) is 0 Å². The third-order valence-corrected chi connectivity index (χ3v) is 4.99. The van der Waals surface area contributed by atoms with E-state index in [0.29, 0.717) is 0 Å². The van der Waals surface area contributed by atoms with Gasteiger partial charge in [0.05, 0.1) is 0 Å². The molecule has 0 fully saturated rings. The van der Waals surface area contributed by atoms with E-state index in [9.17, 15) is 0 Å². The summed E-state index contributed by atoms with van der Waals surface area (Å²) in [5.74, 6) is 0. The summed E-state index contributed by atoms with van der Waals surface area (Å²) >= 11 is 0. The minimum absolute atomic E-state index is 0. The summed E-state index contributed by atoms with van der Waals surface area (Å²) in [6.45, 7) is 8.89. The molecule has 0 saturated carbocycles. The molecule has 0 aliphatic rings. The maximum Gasteiger partial charge on any atom is 4.00 e. The summed E-state index contributed by atoms with van der Waals surface area (Å²) in [6, 6.07) is 26.4. The second-order valence-electron chi connectivity index (χ2n) is 7.77. The van der Waals surface area contributed by atoms with Crippen molar-refractivity contribution in [2.45, 2.75) is 65.5 Å². The van der Waals surface area contributed by atoms with Crippen LogP contribution in [0.4, 0.5) is 0 Å². The van der Waals surface area contributed by atoms with Gasteiger partial charge in [-0.05, 0) is 12.8 Å². The Bertz CT molecular complexity index is 814. The average Bonchev–Trinajstić information content (AvgIpc) is 3.35. The molecule has 1 radical (unpaired) electrons. The number of benzene rings is 2. The number of fused-ring (bicyclic) bond motifs is 2. The summed E-state index contributed by atoms with van der Waals surface area (Å²) in [5.41, 5.74) is 2.98. The van der Waals surface area contributed by atoms with Crippen LogP contribution in [0.2, 0.25) is 13.1 Å². The number of hydrogen-bond acceptors (Lipinski definition) is 0. The number of aryl methyl sites for hydroxylation is 2. The molecular formula is C28H37Br2SiZr. The SMILES string of the molecule is CCCCc1cc2ccccc2[cH-]1.CCCCc1cc2ccccc2[cH-]1.C[SiH]C.[Br-].[Br-].[Zr+4]. The third kappa shape index (κ3) is 11.7. The second-order valence-corrected chi connectivity index (χ2v) is 8.92. The zero-order valence-corrected chi connectivity index (χ0v) is 26.8. The maximum atomic E-state index is 2.31. The molecule has 0 atom stereocenters. The van der Waals surface area contributed by atoms with Gasteiger partial charge in [-0.1, -0.05) is 64.8 Å². The van der Waals surface area contributed by atoms with Crippen LogP contribution in [0.25, 0.3) is 21.5 Å². The van der Waals surface area contributed by atoms with Gasteiger partial charge in [-0.15, -0.1) is 81.2 Å². The van der Waals surface area contributed by atoms with E-state index in [1.165, 1.54) is 71.2 Å². The Kier molecular flexibility index (Phi) is 21.3. The smallest absolute Gasteiger partial charge is 1.00 e. The molecule has 4 rings (SSSR count). The summed E-state index contributed by atoms with van der Waals surface area (Å²) in [6.07, 6.45) is 7.62. The normalized spacial score (nSPS) is 9.38. The molecule has 32 heavy (non-hydrogen) atoms. The third-order valence-electron chi connectivity index (χ3n) is 4.99. The van der Waals surface area contributed by atoms with Crippen molar-refractivity contribution in [2.24, 2.45) is 0 Å². The topological polar surface area (TPSA) is 0 Å². The molecule has 0 N–H and O–H groups in total. The quantitative estimate of drug-likeness (QED) is 0.222. The first-order valence-electron chi connectivity index (χ1n) is 11.2. The second kappa shape index (κ2) is 20.1. The molecule has 0 aliphatic heterocycles. The van der Waals surface area contributed by atoms with Crippen LogP contribution in [-0.4, -0.2) is 9.52 Å². The van der Waals surface area contributed by atoms with Crippen LogP contribution in [0.15, 0.2) is 72.8 Å². The summed E-state index contributed by atoms with van der Waals surface area (Å²) in [4.78, 5) is 0. The van der Waals surface area contributed by atoms with Gasteiger partial charge in [-0.25, -0.2) is 0 Å². The number of unbranched alkanes of at least 4 members (excludes halogenated alkanes) is 2. The van der Waals surface area contributed by atoms with E-state index in [4.69, 9.17) is 0 Å². The van der Waals surface area contributed by atoms with Gasteiger partial charge in [0.1, 0.15) is 0 Å². The molecular weight excluding hydrogens is 615 g/mol. The van der Waals surface area contributed by atoms with Crippen LogP contribution in [0.3, 0.4) is 0 Å². The zero-order chi connectivity index (χ0) is 20.9. The molecule has 0 saturated heterocycles. The molecule has 171 valence electrons. The molecule has 0 amide bonds. The summed E-state index contributed by atoms with van der Waals surface area (Å²) in [7, 11) is 0.750. The molecule has 0 heterocycles.